The van der Waals surface area contributed by atoms with Crippen molar-refractivity contribution in [2.24, 2.45) is 0 Å². The summed E-state index contributed by atoms with van der Waals surface area (Å²) in [6.07, 6.45) is 0.905. The Bertz CT molecular complexity index is 985. The van der Waals surface area contributed by atoms with Crippen LogP contribution >= 0.6 is 0 Å². The van der Waals surface area contributed by atoms with Gasteiger partial charge in [-0.2, -0.15) is 0 Å². The number of nitrogens with zero attached hydrogens (tertiary/aromatic N) is 3. The van der Waals surface area contributed by atoms with Crippen molar-refractivity contribution in [3.8, 4) is 0 Å². The monoisotopic (exact) mass is 388 g/mol. The average molecular weight is 389 g/mol. The largest absolute Gasteiger partial charge is 0.333 e. The van der Waals surface area contributed by atoms with Crippen molar-refractivity contribution >= 4 is 17.5 Å². The van der Waals surface area contributed by atoms with Gasteiger partial charge in [-0.3, -0.25) is 4.79 Å². The highest BCUT2D eigenvalue weighted by atomic mass is 16.2. The van der Waals surface area contributed by atoms with Crippen LogP contribution in [0.3, 0.4) is 0 Å². The van der Waals surface area contributed by atoms with Crippen LogP contribution < -0.4 is 5.32 Å². The average Bonchev–Trinajstić information content (AvgIpc) is 2.73. The molecule has 1 aromatic heterocycles. The lowest BCUT2D eigenvalue weighted by atomic mass is 10.1. The summed E-state index contributed by atoms with van der Waals surface area (Å²) in [5.74, 6) is 0.360. The van der Waals surface area contributed by atoms with Crippen molar-refractivity contribution in [1.29, 1.82) is 0 Å². The number of carbonyl (C=O) groups is 1. The number of anilines is 2. The van der Waals surface area contributed by atoms with Gasteiger partial charge in [0.15, 0.2) is 0 Å². The SMILES string of the molecule is CCc1cccc(C)c1Nc1nc(C)cc(C(=O)N(CC)Cc2ccccc2)n1. The van der Waals surface area contributed by atoms with Crippen LogP contribution in [0.5, 0.6) is 0 Å². The van der Waals surface area contributed by atoms with Gasteiger partial charge in [-0.15, -0.1) is 0 Å². The van der Waals surface area contributed by atoms with Crippen molar-refractivity contribution in [2.45, 2.75) is 40.7 Å². The van der Waals surface area contributed by atoms with E-state index in [2.05, 4.69) is 41.3 Å². The van der Waals surface area contributed by atoms with E-state index in [0.29, 0.717) is 24.7 Å². The minimum Gasteiger partial charge on any atom is -0.333 e. The lowest BCUT2D eigenvalue weighted by molar-refractivity contribution is 0.0746. The number of amides is 1. The number of benzene rings is 2. The normalized spacial score (nSPS) is 10.6. The first-order chi connectivity index (χ1) is 14.0. The molecule has 2 aromatic carbocycles. The van der Waals surface area contributed by atoms with Crippen molar-refractivity contribution in [3.05, 3.63) is 82.7 Å². The van der Waals surface area contributed by atoms with E-state index in [9.17, 15) is 4.79 Å². The molecule has 0 aliphatic heterocycles. The van der Waals surface area contributed by atoms with Gasteiger partial charge < -0.3 is 10.2 Å². The minimum absolute atomic E-state index is 0.0922. The number of aryl methyl sites for hydroxylation is 3. The van der Waals surface area contributed by atoms with Gasteiger partial charge in [0.2, 0.25) is 5.95 Å². The highest BCUT2D eigenvalue weighted by Crippen LogP contribution is 2.24. The first kappa shape index (κ1) is 20.5. The Hall–Kier alpha value is -3.21. The Kier molecular flexibility index (Phi) is 6.60. The van der Waals surface area contributed by atoms with Crippen molar-refractivity contribution in [3.63, 3.8) is 0 Å². The first-order valence-corrected chi connectivity index (χ1v) is 10.1. The highest BCUT2D eigenvalue weighted by Gasteiger charge is 2.18. The van der Waals surface area contributed by atoms with E-state index in [1.165, 1.54) is 5.56 Å². The third kappa shape index (κ3) is 4.99. The van der Waals surface area contributed by atoms with Gasteiger partial charge in [0.25, 0.3) is 5.91 Å². The Morgan fingerprint density at radius 2 is 1.76 bits per heavy atom. The van der Waals surface area contributed by atoms with Crippen LogP contribution in [0.25, 0.3) is 0 Å². The van der Waals surface area contributed by atoms with Crippen molar-refractivity contribution in [1.82, 2.24) is 14.9 Å². The Morgan fingerprint density at radius 3 is 2.45 bits per heavy atom. The van der Waals surface area contributed by atoms with E-state index in [0.717, 1.165) is 28.9 Å². The molecule has 0 aliphatic carbocycles. The maximum absolute atomic E-state index is 13.1. The molecule has 1 heterocycles. The number of carbonyl (C=O) groups excluding carboxylic acids is 1. The number of rotatable bonds is 7. The summed E-state index contributed by atoms with van der Waals surface area (Å²) in [5, 5.41) is 3.34. The quantitative estimate of drug-likeness (QED) is 0.614. The second kappa shape index (κ2) is 9.32. The molecule has 5 heteroatoms. The van der Waals surface area contributed by atoms with Crippen molar-refractivity contribution < 1.29 is 4.79 Å². The van der Waals surface area contributed by atoms with E-state index in [4.69, 9.17) is 0 Å². The van der Waals surface area contributed by atoms with E-state index >= 15 is 0 Å². The molecule has 1 amide bonds. The van der Waals surface area contributed by atoms with Crippen LogP contribution in [0.1, 0.15) is 46.7 Å². The molecule has 0 saturated heterocycles. The fraction of sp³-hybridized carbons (Fsp3) is 0.292. The Morgan fingerprint density at radius 1 is 1.00 bits per heavy atom. The van der Waals surface area contributed by atoms with E-state index in [-0.39, 0.29) is 5.91 Å². The first-order valence-electron chi connectivity index (χ1n) is 10.1. The molecule has 0 spiro atoms. The standard InChI is InChI=1S/C24H28N4O/c1-5-20-14-10-11-17(3)22(20)27-24-25-18(4)15-21(26-24)23(29)28(6-2)16-19-12-8-7-9-13-19/h7-15H,5-6,16H2,1-4H3,(H,25,26,27). The van der Waals surface area contributed by atoms with Crippen LogP contribution in [0.4, 0.5) is 11.6 Å². The second-order valence-corrected chi connectivity index (χ2v) is 7.11. The molecule has 0 aliphatic rings. The van der Waals surface area contributed by atoms with Gasteiger partial charge >= 0.3 is 0 Å². The van der Waals surface area contributed by atoms with Crippen LogP contribution in [-0.4, -0.2) is 27.3 Å². The van der Waals surface area contributed by atoms with Crippen LogP contribution in [0.15, 0.2) is 54.6 Å². The molecule has 0 atom stereocenters. The lowest BCUT2D eigenvalue weighted by Gasteiger charge is -2.21. The number of hydrogen-bond donors (Lipinski definition) is 1. The molecule has 0 bridgehead atoms. The van der Waals surface area contributed by atoms with Crippen LogP contribution in [0, 0.1) is 13.8 Å². The summed E-state index contributed by atoms with van der Waals surface area (Å²) < 4.78 is 0. The molecule has 0 fully saturated rings. The zero-order valence-corrected chi connectivity index (χ0v) is 17.6. The third-order valence-corrected chi connectivity index (χ3v) is 4.94. The molecule has 0 unspecified atom stereocenters. The Balaban J connectivity index is 1.87. The zero-order chi connectivity index (χ0) is 20.8. The summed E-state index contributed by atoms with van der Waals surface area (Å²) in [6, 6.07) is 17.9. The smallest absolute Gasteiger partial charge is 0.272 e. The van der Waals surface area contributed by atoms with Crippen molar-refractivity contribution in [2.75, 3.05) is 11.9 Å². The fourth-order valence-electron chi connectivity index (χ4n) is 3.34. The summed E-state index contributed by atoms with van der Waals surface area (Å²) in [7, 11) is 0. The highest BCUT2D eigenvalue weighted by molar-refractivity contribution is 5.92. The number of aromatic nitrogens is 2. The molecule has 150 valence electrons. The molecular formula is C24H28N4O. The number of para-hydroxylation sites is 1. The predicted octanol–water partition coefficient (Wildman–Crippen LogP) is 5.06. The minimum atomic E-state index is -0.0922. The number of nitrogens with one attached hydrogen (secondary N) is 1. The zero-order valence-electron chi connectivity index (χ0n) is 17.6. The molecular weight excluding hydrogens is 360 g/mol. The molecule has 3 aromatic rings. The topological polar surface area (TPSA) is 58.1 Å². The van der Waals surface area contributed by atoms with E-state index in [1.54, 1.807) is 11.0 Å². The van der Waals surface area contributed by atoms with Crippen LogP contribution in [-0.2, 0) is 13.0 Å². The maximum atomic E-state index is 13.1. The molecule has 29 heavy (non-hydrogen) atoms. The van der Waals surface area contributed by atoms with E-state index < -0.39 is 0 Å². The van der Waals surface area contributed by atoms with E-state index in [1.807, 2.05) is 50.2 Å². The maximum Gasteiger partial charge on any atom is 0.272 e. The number of hydrogen-bond acceptors (Lipinski definition) is 4. The van der Waals surface area contributed by atoms with Crippen LogP contribution in [0.2, 0.25) is 0 Å². The second-order valence-electron chi connectivity index (χ2n) is 7.11. The lowest BCUT2D eigenvalue weighted by Crippen LogP contribution is -2.31. The molecule has 5 nitrogen and oxygen atoms in total. The molecule has 0 saturated carbocycles. The third-order valence-electron chi connectivity index (χ3n) is 4.94. The van der Waals surface area contributed by atoms with Gasteiger partial charge in [-0.05, 0) is 49.9 Å². The van der Waals surface area contributed by atoms with Gasteiger partial charge in [-0.25, -0.2) is 9.97 Å². The van der Waals surface area contributed by atoms with Gasteiger partial charge in [0, 0.05) is 24.5 Å². The fourth-order valence-corrected chi connectivity index (χ4v) is 3.34. The summed E-state index contributed by atoms with van der Waals surface area (Å²) in [5.41, 5.74) is 5.59. The Labute approximate surface area is 172 Å². The summed E-state index contributed by atoms with van der Waals surface area (Å²) in [6.45, 7) is 9.21. The molecule has 3 rings (SSSR count). The summed E-state index contributed by atoms with van der Waals surface area (Å²) in [4.78, 5) is 24.0. The van der Waals surface area contributed by atoms with Gasteiger partial charge in [0.1, 0.15) is 5.69 Å². The predicted molar refractivity (Wildman–Crippen MR) is 117 cm³/mol. The molecule has 1 N–H and O–H groups in total. The summed E-state index contributed by atoms with van der Waals surface area (Å²) >= 11 is 0. The van der Waals surface area contributed by atoms with Gasteiger partial charge in [-0.1, -0.05) is 55.5 Å². The van der Waals surface area contributed by atoms with Gasteiger partial charge in [0.05, 0.1) is 0 Å². The molecule has 0 radical (unpaired) electrons.